The van der Waals surface area contributed by atoms with Crippen molar-refractivity contribution in [2.75, 3.05) is 6.54 Å². The molecule has 0 saturated heterocycles. The van der Waals surface area contributed by atoms with E-state index in [1.807, 2.05) is 19.9 Å². The van der Waals surface area contributed by atoms with Crippen LogP contribution in [0.2, 0.25) is 0 Å². The van der Waals surface area contributed by atoms with Gasteiger partial charge < -0.3 is 4.98 Å². The van der Waals surface area contributed by atoms with Gasteiger partial charge in [0.05, 0.1) is 11.4 Å². The van der Waals surface area contributed by atoms with Crippen molar-refractivity contribution in [3.8, 4) is 0 Å². The van der Waals surface area contributed by atoms with Crippen LogP contribution in [0.3, 0.4) is 0 Å². The predicted molar refractivity (Wildman–Crippen MR) is 77.2 cm³/mol. The van der Waals surface area contributed by atoms with Gasteiger partial charge in [-0.1, -0.05) is 0 Å². The maximum atomic E-state index is 12.2. The Bertz CT molecular complexity index is 693. The summed E-state index contributed by atoms with van der Waals surface area (Å²) in [5, 5.41) is 6.61. The molecule has 110 valence electrons. The monoisotopic (exact) mass is 296 g/mol. The van der Waals surface area contributed by atoms with Gasteiger partial charge in [-0.15, -0.1) is 0 Å². The van der Waals surface area contributed by atoms with E-state index in [0.29, 0.717) is 24.4 Å². The minimum absolute atomic E-state index is 0.250. The number of aromatic amines is 2. The summed E-state index contributed by atoms with van der Waals surface area (Å²) in [6.45, 7) is 7.72. The minimum atomic E-state index is -3.51. The van der Waals surface area contributed by atoms with Crippen molar-refractivity contribution in [2.45, 2.75) is 39.0 Å². The van der Waals surface area contributed by atoms with Gasteiger partial charge in [-0.3, -0.25) is 5.10 Å². The molecule has 0 aliphatic heterocycles. The number of sulfonamides is 1. The number of rotatable bonds is 5. The largest absolute Gasteiger partial charge is 0.362 e. The Labute approximate surface area is 119 Å². The molecule has 0 radical (unpaired) electrons. The first-order chi connectivity index (χ1) is 9.31. The van der Waals surface area contributed by atoms with Crippen molar-refractivity contribution in [1.82, 2.24) is 19.9 Å². The Morgan fingerprint density at radius 1 is 1.20 bits per heavy atom. The van der Waals surface area contributed by atoms with Crippen LogP contribution in [0, 0.1) is 27.7 Å². The molecular weight excluding hydrogens is 276 g/mol. The second-order valence-electron chi connectivity index (χ2n) is 5.01. The average molecular weight is 296 g/mol. The molecule has 0 unspecified atom stereocenters. The Kier molecular flexibility index (Phi) is 4.01. The van der Waals surface area contributed by atoms with Gasteiger partial charge in [0.2, 0.25) is 10.0 Å². The van der Waals surface area contributed by atoms with Crippen molar-refractivity contribution in [3.63, 3.8) is 0 Å². The van der Waals surface area contributed by atoms with Crippen LogP contribution in [0.25, 0.3) is 0 Å². The lowest BCUT2D eigenvalue weighted by atomic mass is 10.2. The molecule has 3 N–H and O–H groups in total. The molecule has 7 heteroatoms. The van der Waals surface area contributed by atoms with Crippen molar-refractivity contribution < 1.29 is 8.42 Å². The normalized spacial score (nSPS) is 12.0. The molecule has 0 saturated carbocycles. The van der Waals surface area contributed by atoms with Crippen LogP contribution < -0.4 is 4.72 Å². The lowest BCUT2D eigenvalue weighted by Gasteiger charge is -2.06. The molecule has 0 fully saturated rings. The average Bonchev–Trinajstić information content (AvgIpc) is 2.82. The Morgan fingerprint density at radius 3 is 2.40 bits per heavy atom. The summed E-state index contributed by atoms with van der Waals surface area (Å²) in [4.78, 5) is 3.46. The zero-order valence-corrected chi connectivity index (χ0v) is 13.0. The number of aryl methyl sites for hydroxylation is 4. The SMILES string of the molecule is Cc1cc(CCNS(=O)(=O)c2c(C)n[nH]c2C)c(C)[nH]1. The molecule has 6 nitrogen and oxygen atoms in total. The highest BCUT2D eigenvalue weighted by molar-refractivity contribution is 7.89. The summed E-state index contributed by atoms with van der Waals surface area (Å²) < 4.78 is 27.1. The molecule has 0 amide bonds. The molecular formula is C13H20N4O2S. The van der Waals surface area contributed by atoms with E-state index in [1.165, 1.54) is 0 Å². The van der Waals surface area contributed by atoms with Gasteiger partial charge in [-0.2, -0.15) is 5.10 Å². The van der Waals surface area contributed by atoms with Crippen LogP contribution in [-0.4, -0.2) is 30.1 Å². The van der Waals surface area contributed by atoms with Gasteiger partial charge in [-0.05, 0) is 45.7 Å². The number of aromatic nitrogens is 3. The first kappa shape index (κ1) is 14.8. The maximum absolute atomic E-state index is 12.2. The van der Waals surface area contributed by atoms with Gasteiger partial charge in [0, 0.05) is 17.9 Å². The first-order valence-electron chi connectivity index (χ1n) is 6.47. The van der Waals surface area contributed by atoms with Crippen molar-refractivity contribution in [2.24, 2.45) is 0 Å². The lowest BCUT2D eigenvalue weighted by molar-refractivity contribution is 0.580. The van der Waals surface area contributed by atoms with Crippen LogP contribution in [0.4, 0.5) is 0 Å². The van der Waals surface area contributed by atoms with Gasteiger partial charge in [-0.25, -0.2) is 13.1 Å². The van der Waals surface area contributed by atoms with Crippen molar-refractivity contribution >= 4 is 10.0 Å². The molecule has 2 aromatic rings. The topological polar surface area (TPSA) is 90.6 Å². The van der Waals surface area contributed by atoms with Gasteiger partial charge >= 0.3 is 0 Å². The maximum Gasteiger partial charge on any atom is 0.244 e. The molecule has 0 atom stereocenters. The molecule has 0 aromatic carbocycles. The van der Waals surface area contributed by atoms with E-state index < -0.39 is 10.0 Å². The molecule has 0 spiro atoms. The van der Waals surface area contributed by atoms with Crippen LogP contribution in [0.5, 0.6) is 0 Å². The standard InChI is InChI=1S/C13H20N4O2S/c1-8-7-12(9(2)15-8)5-6-14-20(18,19)13-10(3)16-17-11(13)4/h7,14-15H,5-6H2,1-4H3,(H,16,17). The zero-order chi connectivity index (χ0) is 14.9. The van der Waals surface area contributed by atoms with E-state index in [4.69, 9.17) is 0 Å². The van der Waals surface area contributed by atoms with Gasteiger partial charge in [0.15, 0.2) is 0 Å². The number of hydrogen-bond donors (Lipinski definition) is 3. The molecule has 0 bridgehead atoms. The Balaban J connectivity index is 2.05. The summed E-state index contributed by atoms with van der Waals surface area (Å²) >= 11 is 0. The first-order valence-corrected chi connectivity index (χ1v) is 7.96. The van der Waals surface area contributed by atoms with E-state index in [0.717, 1.165) is 17.0 Å². The highest BCUT2D eigenvalue weighted by Crippen LogP contribution is 2.16. The van der Waals surface area contributed by atoms with E-state index in [9.17, 15) is 8.42 Å². The summed E-state index contributed by atoms with van der Waals surface area (Å²) in [5.41, 5.74) is 4.34. The van der Waals surface area contributed by atoms with E-state index in [-0.39, 0.29) is 4.90 Å². The van der Waals surface area contributed by atoms with Crippen molar-refractivity contribution in [3.05, 3.63) is 34.4 Å². The Hall–Kier alpha value is -1.60. The van der Waals surface area contributed by atoms with Gasteiger partial charge in [0.25, 0.3) is 0 Å². The van der Waals surface area contributed by atoms with Gasteiger partial charge in [0.1, 0.15) is 4.90 Å². The highest BCUT2D eigenvalue weighted by Gasteiger charge is 2.21. The fraction of sp³-hybridized carbons (Fsp3) is 0.462. The zero-order valence-electron chi connectivity index (χ0n) is 12.2. The summed E-state index contributed by atoms with van der Waals surface area (Å²) in [5.74, 6) is 0. The third-order valence-corrected chi connectivity index (χ3v) is 5.00. The van der Waals surface area contributed by atoms with Crippen molar-refractivity contribution in [1.29, 1.82) is 0 Å². The Morgan fingerprint density at radius 2 is 1.90 bits per heavy atom. The second-order valence-corrected chi connectivity index (χ2v) is 6.72. The number of nitrogens with one attached hydrogen (secondary N) is 3. The summed E-state index contributed by atoms with van der Waals surface area (Å²) in [7, 11) is -3.51. The third-order valence-electron chi connectivity index (χ3n) is 3.27. The fourth-order valence-electron chi connectivity index (χ4n) is 2.37. The summed E-state index contributed by atoms with van der Waals surface area (Å²) in [6, 6.07) is 2.04. The van der Waals surface area contributed by atoms with E-state index >= 15 is 0 Å². The molecule has 2 rings (SSSR count). The molecule has 0 aliphatic rings. The van der Waals surface area contributed by atoms with Crippen LogP contribution in [-0.2, 0) is 16.4 Å². The molecule has 2 aromatic heterocycles. The fourth-order valence-corrected chi connectivity index (χ4v) is 3.77. The second kappa shape index (κ2) is 5.41. The molecule has 0 aliphatic carbocycles. The number of nitrogens with zero attached hydrogens (tertiary/aromatic N) is 1. The third kappa shape index (κ3) is 2.94. The molecule has 2 heterocycles. The summed E-state index contributed by atoms with van der Waals surface area (Å²) in [6.07, 6.45) is 0.658. The van der Waals surface area contributed by atoms with E-state index in [2.05, 4.69) is 19.9 Å². The minimum Gasteiger partial charge on any atom is -0.362 e. The molecule has 20 heavy (non-hydrogen) atoms. The van der Waals surface area contributed by atoms with E-state index in [1.54, 1.807) is 13.8 Å². The number of hydrogen-bond acceptors (Lipinski definition) is 3. The number of H-pyrrole nitrogens is 2. The van der Waals surface area contributed by atoms with Crippen LogP contribution >= 0.6 is 0 Å². The van der Waals surface area contributed by atoms with Crippen LogP contribution in [0.15, 0.2) is 11.0 Å². The highest BCUT2D eigenvalue weighted by atomic mass is 32.2. The smallest absolute Gasteiger partial charge is 0.244 e. The predicted octanol–water partition coefficient (Wildman–Crippen LogP) is 1.49. The van der Waals surface area contributed by atoms with Crippen LogP contribution in [0.1, 0.15) is 28.3 Å². The lowest BCUT2D eigenvalue weighted by Crippen LogP contribution is -2.26. The quantitative estimate of drug-likeness (QED) is 0.780.